The van der Waals surface area contributed by atoms with Gasteiger partial charge in [0.25, 0.3) is 0 Å². The van der Waals surface area contributed by atoms with Crippen LogP contribution in [0.25, 0.3) is 0 Å². The maximum absolute atomic E-state index is 5.73. The highest BCUT2D eigenvalue weighted by Crippen LogP contribution is 2.39. The van der Waals surface area contributed by atoms with Gasteiger partial charge in [-0.3, -0.25) is 0 Å². The quantitative estimate of drug-likeness (QED) is 0.749. The summed E-state index contributed by atoms with van der Waals surface area (Å²) in [6.07, 6.45) is 2.02. The Morgan fingerprint density at radius 2 is 2.00 bits per heavy atom. The summed E-state index contributed by atoms with van der Waals surface area (Å²) < 4.78 is 11.4. The van der Waals surface area contributed by atoms with Gasteiger partial charge in [0.2, 0.25) is 0 Å². The molecule has 3 nitrogen and oxygen atoms in total. The van der Waals surface area contributed by atoms with Gasteiger partial charge >= 0.3 is 0 Å². The fraction of sp³-hybridized carbons (Fsp3) is 0.500. The number of nitrogens with two attached hydrogens (primary N) is 1. The number of benzene rings is 1. The second-order valence-electron chi connectivity index (χ2n) is 4.07. The van der Waals surface area contributed by atoms with Gasteiger partial charge in [0.1, 0.15) is 5.75 Å². The Balaban J connectivity index is 2.14. The van der Waals surface area contributed by atoms with Gasteiger partial charge in [-0.1, -0.05) is 12.1 Å². The Kier molecular flexibility index (Phi) is 2.15. The Morgan fingerprint density at radius 3 is 2.87 bits per heavy atom. The molecular formula is C12H15NO2. The number of fused-ring (bicyclic) bond motifs is 3. The summed E-state index contributed by atoms with van der Waals surface area (Å²) in [5.74, 6) is 1.04. The largest absolute Gasteiger partial charge is 0.493 e. The van der Waals surface area contributed by atoms with E-state index in [-0.39, 0.29) is 6.10 Å². The SMILES string of the molecule is NC[C@@H]1OCCc2ccc3c(c21)OCC3. The average molecular weight is 205 g/mol. The lowest BCUT2D eigenvalue weighted by molar-refractivity contribution is 0.0465. The van der Waals surface area contributed by atoms with Crippen LogP contribution >= 0.6 is 0 Å². The Labute approximate surface area is 89.2 Å². The van der Waals surface area contributed by atoms with Gasteiger partial charge in [0.05, 0.1) is 19.3 Å². The zero-order chi connectivity index (χ0) is 10.3. The fourth-order valence-corrected chi connectivity index (χ4v) is 2.47. The lowest BCUT2D eigenvalue weighted by atomic mass is 9.94. The highest BCUT2D eigenvalue weighted by molar-refractivity contribution is 5.50. The Morgan fingerprint density at radius 1 is 1.20 bits per heavy atom. The molecule has 0 fully saturated rings. The van der Waals surface area contributed by atoms with Gasteiger partial charge in [0, 0.05) is 18.5 Å². The lowest BCUT2D eigenvalue weighted by Crippen LogP contribution is -2.23. The van der Waals surface area contributed by atoms with Crippen LogP contribution in [0.5, 0.6) is 5.75 Å². The van der Waals surface area contributed by atoms with Gasteiger partial charge in [-0.15, -0.1) is 0 Å². The highest BCUT2D eigenvalue weighted by atomic mass is 16.5. The van der Waals surface area contributed by atoms with Crippen molar-refractivity contribution in [2.75, 3.05) is 19.8 Å². The summed E-state index contributed by atoms with van der Waals surface area (Å²) in [6, 6.07) is 4.38. The third kappa shape index (κ3) is 1.34. The van der Waals surface area contributed by atoms with E-state index in [0.717, 1.165) is 31.8 Å². The molecule has 3 heteroatoms. The molecule has 0 aliphatic carbocycles. The van der Waals surface area contributed by atoms with Crippen LogP contribution in [0.15, 0.2) is 12.1 Å². The van der Waals surface area contributed by atoms with Crippen LogP contribution in [0.3, 0.4) is 0 Å². The van der Waals surface area contributed by atoms with E-state index in [1.807, 2.05) is 0 Å². The van der Waals surface area contributed by atoms with Crippen molar-refractivity contribution in [2.45, 2.75) is 18.9 Å². The molecule has 80 valence electrons. The number of hydrogen-bond donors (Lipinski definition) is 1. The predicted molar refractivity (Wildman–Crippen MR) is 57.1 cm³/mol. The normalized spacial score (nSPS) is 23.1. The molecule has 0 bridgehead atoms. The van der Waals surface area contributed by atoms with Crippen molar-refractivity contribution >= 4 is 0 Å². The molecule has 1 aromatic rings. The van der Waals surface area contributed by atoms with Gasteiger partial charge in [0.15, 0.2) is 0 Å². The summed E-state index contributed by atoms with van der Waals surface area (Å²) in [5, 5.41) is 0. The van der Waals surface area contributed by atoms with Crippen LogP contribution in [-0.4, -0.2) is 19.8 Å². The van der Waals surface area contributed by atoms with Gasteiger partial charge < -0.3 is 15.2 Å². The first kappa shape index (κ1) is 9.19. The maximum atomic E-state index is 5.73. The molecule has 2 aliphatic rings. The van der Waals surface area contributed by atoms with Crippen molar-refractivity contribution in [1.29, 1.82) is 0 Å². The van der Waals surface area contributed by atoms with Crippen LogP contribution in [0, 0.1) is 0 Å². The summed E-state index contributed by atoms with van der Waals surface area (Å²) in [4.78, 5) is 0. The van der Waals surface area contributed by atoms with Crippen LogP contribution in [0.1, 0.15) is 22.8 Å². The molecule has 0 amide bonds. The molecule has 0 saturated carbocycles. The molecule has 1 aromatic carbocycles. The lowest BCUT2D eigenvalue weighted by Gasteiger charge is -2.26. The fourth-order valence-electron chi connectivity index (χ4n) is 2.47. The Hall–Kier alpha value is -1.06. The molecule has 1 atom stereocenters. The second-order valence-corrected chi connectivity index (χ2v) is 4.07. The maximum Gasteiger partial charge on any atom is 0.128 e. The first-order valence-electron chi connectivity index (χ1n) is 5.49. The molecule has 0 unspecified atom stereocenters. The number of ether oxygens (including phenoxy) is 2. The van der Waals surface area contributed by atoms with E-state index in [1.54, 1.807) is 0 Å². The zero-order valence-corrected chi connectivity index (χ0v) is 8.66. The monoisotopic (exact) mass is 205 g/mol. The minimum atomic E-state index is 0.0294. The topological polar surface area (TPSA) is 44.5 Å². The van der Waals surface area contributed by atoms with Crippen molar-refractivity contribution in [3.05, 3.63) is 28.8 Å². The minimum Gasteiger partial charge on any atom is -0.493 e. The van der Waals surface area contributed by atoms with Gasteiger partial charge in [-0.25, -0.2) is 0 Å². The molecule has 15 heavy (non-hydrogen) atoms. The van der Waals surface area contributed by atoms with E-state index < -0.39 is 0 Å². The first-order chi connectivity index (χ1) is 7.40. The van der Waals surface area contributed by atoms with E-state index >= 15 is 0 Å². The minimum absolute atomic E-state index is 0.0294. The van der Waals surface area contributed by atoms with E-state index in [0.29, 0.717) is 6.54 Å². The van der Waals surface area contributed by atoms with E-state index in [1.165, 1.54) is 16.7 Å². The predicted octanol–water partition coefficient (Wildman–Crippen LogP) is 1.19. The van der Waals surface area contributed by atoms with Crippen molar-refractivity contribution in [3.8, 4) is 5.75 Å². The van der Waals surface area contributed by atoms with Crippen LogP contribution in [-0.2, 0) is 17.6 Å². The van der Waals surface area contributed by atoms with Crippen molar-refractivity contribution in [2.24, 2.45) is 5.73 Å². The Bertz CT molecular complexity index is 389. The average Bonchev–Trinajstić information content (AvgIpc) is 2.76. The molecule has 2 aliphatic heterocycles. The first-order valence-corrected chi connectivity index (χ1v) is 5.49. The van der Waals surface area contributed by atoms with Gasteiger partial charge in [-0.2, -0.15) is 0 Å². The summed E-state index contributed by atoms with van der Waals surface area (Å²) >= 11 is 0. The van der Waals surface area contributed by atoms with E-state index in [4.69, 9.17) is 15.2 Å². The molecule has 2 N–H and O–H groups in total. The highest BCUT2D eigenvalue weighted by Gasteiger charge is 2.27. The zero-order valence-electron chi connectivity index (χ0n) is 8.66. The van der Waals surface area contributed by atoms with E-state index in [2.05, 4.69) is 12.1 Å². The standard InChI is InChI=1S/C12H15NO2/c13-7-10-11-8(3-5-14-10)1-2-9-4-6-15-12(9)11/h1-2,10H,3-7,13H2/t10-/m0/s1. The number of rotatable bonds is 1. The van der Waals surface area contributed by atoms with Crippen molar-refractivity contribution < 1.29 is 9.47 Å². The molecule has 0 radical (unpaired) electrons. The molecule has 0 spiro atoms. The van der Waals surface area contributed by atoms with Crippen molar-refractivity contribution in [1.82, 2.24) is 0 Å². The van der Waals surface area contributed by atoms with Crippen LogP contribution in [0.4, 0.5) is 0 Å². The molecule has 2 heterocycles. The smallest absolute Gasteiger partial charge is 0.128 e. The molecule has 0 aromatic heterocycles. The summed E-state index contributed by atoms with van der Waals surface area (Å²) in [7, 11) is 0. The van der Waals surface area contributed by atoms with Gasteiger partial charge in [-0.05, 0) is 17.5 Å². The summed E-state index contributed by atoms with van der Waals surface area (Å²) in [5.41, 5.74) is 9.59. The molecular weight excluding hydrogens is 190 g/mol. The third-order valence-electron chi connectivity index (χ3n) is 3.21. The van der Waals surface area contributed by atoms with E-state index in [9.17, 15) is 0 Å². The van der Waals surface area contributed by atoms with Crippen LogP contribution < -0.4 is 10.5 Å². The van der Waals surface area contributed by atoms with Crippen molar-refractivity contribution in [3.63, 3.8) is 0 Å². The van der Waals surface area contributed by atoms with Crippen LogP contribution in [0.2, 0.25) is 0 Å². The third-order valence-corrected chi connectivity index (χ3v) is 3.21. The second kappa shape index (κ2) is 3.51. The molecule has 0 saturated heterocycles. The number of hydrogen-bond acceptors (Lipinski definition) is 3. The summed E-state index contributed by atoms with van der Waals surface area (Å²) in [6.45, 7) is 2.10. The molecule has 3 rings (SSSR count).